The molecule has 1 N–H and O–H groups in total. The van der Waals surface area contributed by atoms with Crippen LogP contribution < -0.4 is 19.2 Å². The summed E-state index contributed by atoms with van der Waals surface area (Å²) >= 11 is 0. The van der Waals surface area contributed by atoms with Crippen LogP contribution in [-0.2, 0) is 14.8 Å². The lowest BCUT2D eigenvalue weighted by molar-refractivity contribution is -0.119. The minimum atomic E-state index is -4.17. The Bertz CT molecular complexity index is 1740. The fraction of sp³-hybridized carbons (Fsp3) is 0.250. The number of hydrazone groups is 1. The number of methoxy groups -OCH3 is 2. The first-order valence-electron chi connectivity index (χ1n) is 13.4. The number of amides is 1. The number of anilines is 1. The van der Waals surface area contributed by atoms with E-state index in [9.17, 15) is 13.2 Å². The monoisotopic (exact) mass is 588 g/mol. The largest absolute Gasteiger partial charge is 0.497 e. The molecule has 9 nitrogen and oxygen atoms in total. The van der Waals surface area contributed by atoms with Gasteiger partial charge in [-0.3, -0.25) is 9.10 Å². The van der Waals surface area contributed by atoms with E-state index < -0.39 is 22.5 Å². The van der Waals surface area contributed by atoms with E-state index in [0.717, 1.165) is 32.5 Å². The lowest BCUT2D eigenvalue weighted by Gasteiger charge is -2.25. The fourth-order valence-electron chi connectivity index (χ4n) is 4.65. The molecule has 1 amide bonds. The Morgan fingerprint density at radius 2 is 1.62 bits per heavy atom. The van der Waals surface area contributed by atoms with Crippen molar-refractivity contribution in [3.63, 3.8) is 0 Å². The predicted molar refractivity (Wildman–Crippen MR) is 166 cm³/mol. The molecule has 3 aromatic carbocycles. The molecule has 0 bridgehead atoms. The van der Waals surface area contributed by atoms with Crippen LogP contribution in [-0.4, -0.2) is 45.9 Å². The molecule has 1 aromatic heterocycles. The molecule has 0 spiro atoms. The van der Waals surface area contributed by atoms with Crippen LogP contribution in [0.1, 0.15) is 33.6 Å². The predicted octanol–water partition coefficient (Wildman–Crippen LogP) is 5.38. The highest BCUT2D eigenvalue weighted by Gasteiger charge is 2.30. The van der Waals surface area contributed by atoms with Gasteiger partial charge in [-0.25, -0.2) is 13.8 Å². The second-order valence-electron chi connectivity index (χ2n) is 10.1. The second kappa shape index (κ2) is 12.5. The third kappa shape index (κ3) is 6.33. The van der Waals surface area contributed by atoms with Crippen molar-refractivity contribution in [1.29, 1.82) is 0 Å². The van der Waals surface area contributed by atoms with Gasteiger partial charge in [0.15, 0.2) is 0 Å². The first-order valence-corrected chi connectivity index (χ1v) is 14.8. The highest BCUT2D eigenvalue weighted by molar-refractivity contribution is 7.92. The number of hydrogen-bond donors (Lipinski definition) is 1. The van der Waals surface area contributed by atoms with Gasteiger partial charge in [-0.15, -0.1) is 0 Å². The molecular weight excluding hydrogens is 552 g/mol. The zero-order valence-electron chi connectivity index (χ0n) is 24.9. The van der Waals surface area contributed by atoms with Crippen molar-refractivity contribution in [3.05, 3.63) is 100 Å². The van der Waals surface area contributed by atoms with E-state index in [-0.39, 0.29) is 16.3 Å². The Balaban J connectivity index is 1.62. The fourth-order valence-corrected chi connectivity index (χ4v) is 6.07. The van der Waals surface area contributed by atoms with Crippen molar-refractivity contribution < 1.29 is 22.7 Å². The normalized spacial score (nSPS) is 11.5. The van der Waals surface area contributed by atoms with Crippen LogP contribution in [0.25, 0.3) is 5.69 Å². The van der Waals surface area contributed by atoms with Crippen molar-refractivity contribution in [1.82, 2.24) is 9.99 Å². The molecule has 4 aromatic rings. The number of nitrogens with one attached hydrogen (secondary N) is 1. The lowest BCUT2D eigenvalue weighted by atomic mass is 10.1. The van der Waals surface area contributed by atoms with E-state index in [2.05, 4.69) is 47.1 Å². The van der Waals surface area contributed by atoms with E-state index >= 15 is 0 Å². The molecule has 1 heterocycles. The molecule has 4 rings (SSSR count). The molecule has 0 aliphatic rings. The summed E-state index contributed by atoms with van der Waals surface area (Å²) in [6.07, 6.45) is 1.56. The zero-order chi connectivity index (χ0) is 30.6. The quantitative estimate of drug-likeness (QED) is 0.198. The molecule has 0 atom stereocenters. The van der Waals surface area contributed by atoms with Gasteiger partial charge in [0, 0.05) is 28.7 Å². The van der Waals surface area contributed by atoms with Crippen LogP contribution in [0.5, 0.6) is 11.5 Å². The number of sulfonamides is 1. The smallest absolute Gasteiger partial charge is 0.264 e. The Morgan fingerprint density at radius 1 is 0.905 bits per heavy atom. The van der Waals surface area contributed by atoms with Crippen molar-refractivity contribution in [2.24, 2.45) is 5.10 Å². The molecule has 0 aliphatic carbocycles. The van der Waals surface area contributed by atoms with Gasteiger partial charge in [0.25, 0.3) is 15.9 Å². The summed E-state index contributed by atoms with van der Waals surface area (Å²) in [4.78, 5) is 13.2. The molecule has 0 saturated heterocycles. The van der Waals surface area contributed by atoms with E-state index in [1.54, 1.807) is 30.5 Å². The number of rotatable bonds is 10. The topological polar surface area (TPSA) is 102 Å². The molecular formula is C32H36N4O5S. The number of nitrogens with zero attached hydrogens (tertiary/aromatic N) is 3. The first-order chi connectivity index (χ1) is 20.0. The number of ether oxygens (including phenoxy) is 2. The molecule has 0 aliphatic heterocycles. The average molecular weight is 589 g/mol. The van der Waals surface area contributed by atoms with Crippen molar-refractivity contribution in [3.8, 4) is 17.2 Å². The molecule has 0 saturated carbocycles. The summed E-state index contributed by atoms with van der Waals surface area (Å²) < 4.78 is 41.5. The van der Waals surface area contributed by atoms with Gasteiger partial charge < -0.3 is 14.0 Å². The number of hydrogen-bond acceptors (Lipinski definition) is 6. The Kier molecular flexibility index (Phi) is 9.06. The van der Waals surface area contributed by atoms with Gasteiger partial charge in [-0.1, -0.05) is 23.8 Å². The highest BCUT2D eigenvalue weighted by atomic mass is 32.2. The Labute approximate surface area is 247 Å². The van der Waals surface area contributed by atoms with Gasteiger partial charge in [-0.05, 0) is 88.2 Å². The highest BCUT2D eigenvalue weighted by Crippen LogP contribution is 2.35. The van der Waals surface area contributed by atoms with Gasteiger partial charge in [0.05, 0.1) is 31.0 Å². The van der Waals surface area contributed by atoms with Crippen LogP contribution in [0.3, 0.4) is 0 Å². The third-order valence-electron chi connectivity index (χ3n) is 7.16. The lowest BCUT2D eigenvalue weighted by Crippen LogP contribution is -2.39. The maximum Gasteiger partial charge on any atom is 0.264 e. The Morgan fingerprint density at radius 3 is 2.26 bits per heavy atom. The SMILES string of the molecule is COc1ccc(OC)c(N(CC(=O)N/N=C\c2cc(C)n(-c3ccc(C)c(C)c3)c2C)S(=O)(=O)c2ccc(C)cc2)c1. The van der Waals surface area contributed by atoms with E-state index in [1.165, 1.54) is 43.5 Å². The maximum atomic E-state index is 13.8. The molecule has 0 radical (unpaired) electrons. The molecule has 0 fully saturated rings. The summed E-state index contributed by atoms with van der Waals surface area (Å²) in [5.41, 5.74) is 9.81. The number of carbonyl (C=O) groups is 1. The summed E-state index contributed by atoms with van der Waals surface area (Å²) in [5.74, 6) is 0.0452. The van der Waals surface area contributed by atoms with Crippen molar-refractivity contribution in [2.45, 2.75) is 39.5 Å². The third-order valence-corrected chi connectivity index (χ3v) is 8.94. The summed E-state index contributed by atoms with van der Waals surface area (Å²) in [6, 6.07) is 19.4. The molecule has 10 heteroatoms. The average Bonchev–Trinajstić information content (AvgIpc) is 3.25. The van der Waals surface area contributed by atoms with Crippen LogP contribution in [0.15, 0.2) is 76.7 Å². The van der Waals surface area contributed by atoms with Crippen LogP contribution in [0, 0.1) is 34.6 Å². The summed E-state index contributed by atoms with van der Waals surface area (Å²) in [5, 5.41) is 4.16. The van der Waals surface area contributed by atoms with Crippen molar-refractivity contribution in [2.75, 3.05) is 25.1 Å². The number of aryl methyl sites for hydroxylation is 4. The van der Waals surface area contributed by atoms with Crippen molar-refractivity contribution >= 4 is 27.8 Å². The van der Waals surface area contributed by atoms with Gasteiger partial charge >= 0.3 is 0 Å². The molecule has 42 heavy (non-hydrogen) atoms. The first kappa shape index (κ1) is 30.4. The minimum Gasteiger partial charge on any atom is -0.497 e. The number of carbonyl (C=O) groups excluding carboxylic acids is 1. The molecule has 220 valence electrons. The number of aromatic nitrogens is 1. The van der Waals surface area contributed by atoms with E-state index in [4.69, 9.17) is 9.47 Å². The second-order valence-corrected chi connectivity index (χ2v) is 11.9. The Hall–Kier alpha value is -4.57. The standard InChI is InChI=1S/C32H36N4O5S/c1-21-8-13-29(14-9-21)42(38,39)35(30-18-28(40-6)12-15-31(30)41-7)20-32(37)34-33-19-26-17-24(4)36(25(26)5)27-11-10-22(2)23(3)16-27/h8-19H,20H2,1-7H3,(H,34,37)/b33-19-. The summed E-state index contributed by atoms with van der Waals surface area (Å²) in [7, 11) is -1.26. The van der Waals surface area contributed by atoms with Crippen LogP contribution >= 0.6 is 0 Å². The zero-order valence-corrected chi connectivity index (χ0v) is 25.7. The van der Waals surface area contributed by atoms with E-state index in [1.807, 2.05) is 26.8 Å². The van der Waals surface area contributed by atoms with Gasteiger partial charge in [0.2, 0.25) is 0 Å². The van der Waals surface area contributed by atoms with Crippen LogP contribution in [0.4, 0.5) is 5.69 Å². The summed E-state index contributed by atoms with van der Waals surface area (Å²) in [6.45, 7) is 9.47. The minimum absolute atomic E-state index is 0.0352. The molecule has 0 unspecified atom stereocenters. The van der Waals surface area contributed by atoms with Crippen LogP contribution in [0.2, 0.25) is 0 Å². The van der Waals surface area contributed by atoms with Gasteiger partial charge in [-0.2, -0.15) is 5.10 Å². The van der Waals surface area contributed by atoms with Gasteiger partial charge in [0.1, 0.15) is 18.0 Å². The number of benzene rings is 3. The van der Waals surface area contributed by atoms with E-state index in [0.29, 0.717) is 5.75 Å². The maximum absolute atomic E-state index is 13.8.